The maximum absolute atomic E-state index is 11.5. The smallest absolute Gasteiger partial charge is 0.225 e. The number of carbonyl (C=O) groups is 1. The molecular formula is C19H22N4OS2. The van der Waals surface area contributed by atoms with Crippen molar-refractivity contribution in [2.75, 3.05) is 11.9 Å². The molecule has 2 aromatic heterocycles. The molecule has 0 saturated carbocycles. The number of para-hydroxylation sites is 1. The van der Waals surface area contributed by atoms with Crippen LogP contribution in [-0.2, 0) is 10.5 Å². The number of nitrogens with zero attached hydrogens (tertiary/aromatic N) is 4. The molecule has 0 fully saturated rings. The lowest BCUT2D eigenvalue weighted by molar-refractivity contribution is -0.116. The summed E-state index contributed by atoms with van der Waals surface area (Å²) in [5.74, 6) is 1.14. The molecule has 7 heteroatoms. The van der Waals surface area contributed by atoms with E-state index in [1.54, 1.807) is 30.6 Å². The third-order valence-corrected chi connectivity index (χ3v) is 6.04. The molecule has 0 radical (unpaired) electrons. The Kier molecular flexibility index (Phi) is 5.78. The number of carbonyl (C=O) groups excluding carboxylic acids is 1. The molecule has 0 saturated heterocycles. The van der Waals surface area contributed by atoms with Gasteiger partial charge in [0.25, 0.3) is 0 Å². The van der Waals surface area contributed by atoms with Crippen molar-refractivity contribution in [3.05, 3.63) is 53.3 Å². The molecule has 136 valence electrons. The molecule has 0 N–H and O–H groups in total. The van der Waals surface area contributed by atoms with Crippen LogP contribution in [0.25, 0.3) is 5.69 Å². The Morgan fingerprint density at radius 2 is 2.12 bits per heavy atom. The first-order valence-electron chi connectivity index (χ1n) is 8.41. The summed E-state index contributed by atoms with van der Waals surface area (Å²) < 4.78 is 2.13. The van der Waals surface area contributed by atoms with Crippen molar-refractivity contribution < 1.29 is 4.79 Å². The first-order chi connectivity index (χ1) is 12.5. The van der Waals surface area contributed by atoms with Gasteiger partial charge < -0.3 is 0 Å². The minimum absolute atomic E-state index is 0.0145. The van der Waals surface area contributed by atoms with Crippen LogP contribution in [0, 0.1) is 0 Å². The van der Waals surface area contributed by atoms with Crippen LogP contribution in [0.2, 0.25) is 0 Å². The van der Waals surface area contributed by atoms with Crippen LogP contribution in [0.1, 0.15) is 37.9 Å². The number of thioether (sulfide) groups is 1. The van der Waals surface area contributed by atoms with Crippen molar-refractivity contribution in [3.8, 4) is 5.69 Å². The molecule has 0 bridgehead atoms. The normalized spacial score (nSPS) is 11.1. The van der Waals surface area contributed by atoms with E-state index in [1.165, 1.54) is 16.9 Å². The fourth-order valence-electron chi connectivity index (χ4n) is 2.56. The number of amides is 1. The van der Waals surface area contributed by atoms with Crippen LogP contribution in [0.4, 0.5) is 5.13 Å². The van der Waals surface area contributed by atoms with E-state index >= 15 is 0 Å². The minimum atomic E-state index is -0.0145. The van der Waals surface area contributed by atoms with Gasteiger partial charge in [0.15, 0.2) is 10.3 Å². The summed E-state index contributed by atoms with van der Waals surface area (Å²) in [7, 11) is 1.74. The Bertz CT molecular complexity index is 900. The van der Waals surface area contributed by atoms with Crippen molar-refractivity contribution in [2.24, 2.45) is 0 Å². The number of aromatic nitrogens is 3. The zero-order valence-corrected chi connectivity index (χ0v) is 17.0. The number of anilines is 1. The van der Waals surface area contributed by atoms with Gasteiger partial charge in [-0.1, -0.05) is 43.8 Å². The van der Waals surface area contributed by atoms with Gasteiger partial charge in [-0.2, -0.15) is 0 Å². The lowest BCUT2D eigenvalue weighted by Crippen LogP contribution is -2.22. The number of imidazole rings is 1. The molecule has 3 aromatic rings. The van der Waals surface area contributed by atoms with E-state index in [9.17, 15) is 4.79 Å². The molecule has 3 rings (SSSR count). The molecule has 0 unspecified atom stereocenters. The number of rotatable bonds is 6. The molecular weight excluding hydrogens is 364 g/mol. The SMILES string of the molecule is CC(=O)N(C)c1nc(CSc2nccn2-c2ccccc2C(C)C)cs1. The van der Waals surface area contributed by atoms with E-state index in [0.717, 1.165) is 21.7 Å². The van der Waals surface area contributed by atoms with Crippen molar-refractivity contribution in [3.63, 3.8) is 0 Å². The molecule has 0 spiro atoms. The van der Waals surface area contributed by atoms with Crippen molar-refractivity contribution in [1.29, 1.82) is 0 Å². The van der Waals surface area contributed by atoms with Crippen LogP contribution in [0.15, 0.2) is 47.2 Å². The largest absolute Gasteiger partial charge is 0.295 e. The van der Waals surface area contributed by atoms with Gasteiger partial charge in [0.2, 0.25) is 5.91 Å². The predicted octanol–water partition coefficient (Wildman–Crippen LogP) is 4.73. The van der Waals surface area contributed by atoms with Crippen molar-refractivity contribution in [2.45, 2.75) is 37.6 Å². The van der Waals surface area contributed by atoms with E-state index in [4.69, 9.17) is 0 Å². The Labute approximate surface area is 162 Å². The van der Waals surface area contributed by atoms with Crippen LogP contribution in [-0.4, -0.2) is 27.5 Å². The highest BCUT2D eigenvalue weighted by Crippen LogP contribution is 2.30. The highest BCUT2D eigenvalue weighted by molar-refractivity contribution is 7.98. The minimum Gasteiger partial charge on any atom is -0.295 e. The average Bonchev–Trinajstić information content (AvgIpc) is 3.28. The Morgan fingerprint density at radius 3 is 2.85 bits per heavy atom. The maximum atomic E-state index is 11.5. The van der Waals surface area contributed by atoms with Crippen molar-refractivity contribution >= 4 is 34.1 Å². The third-order valence-electron chi connectivity index (χ3n) is 4.07. The monoisotopic (exact) mass is 386 g/mol. The Balaban J connectivity index is 1.78. The molecule has 26 heavy (non-hydrogen) atoms. The second kappa shape index (κ2) is 8.05. The van der Waals surface area contributed by atoms with Crippen LogP contribution < -0.4 is 4.90 Å². The maximum Gasteiger partial charge on any atom is 0.225 e. The summed E-state index contributed by atoms with van der Waals surface area (Å²) in [5.41, 5.74) is 3.42. The average molecular weight is 387 g/mol. The van der Waals surface area contributed by atoms with Crippen molar-refractivity contribution in [1.82, 2.24) is 14.5 Å². The quantitative estimate of drug-likeness (QED) is 0.575. The van der Waals surface area contributed by atoms with E-state index in [0.29, 0.717) is 11.7 Å². The first-order valence-corrected chi connectivity index (χ1v) is 10.3. The van der Waals surface area contributed by atoms with Gasteiger partial charge in [-0.3, -0.25) is 14.3 Å². The molecule has 1 amide bonds. The summed E-state index contributed by atoms with van der Waals surface area (Å²) in [6, 6.07) is 8.42. The molecule has 0 aliphatic carbocycles. The van der Waals surface area contributed by atoms with E-state index in [1.807, 2.05) is 17.8 Å². The molecule has 5 nitrogen and oxygen atoms in total. The van der Waals surface area contributed by atoms with Crippen LogP contribution in [0.3, 0.4) is 0 Å². The highest BCUT2D eigenvalue weighted by atomic mass is 32.2. The van der Waals surface area contributed by atoms with E-state index in [-0.39, 0.29) is 5.91 Å². The predicted molar refractivity (Wildman–Crippen MR) is 108 cm³/mol. The molecule has 0 aliphatic heterocycles. The molecule has 1 aromatic carbocycles. The number of thiazole rings is 1. The van der Waals surface area contributed by atoms with Gasteiger partial charge in [0, 0.05) is 37.5 Å². The van der Waals surface area contributed by atoms with Gasteiger partial charge in [0.1, 0.15) is 0 Å². The first kappa shape index (κ1) is 18.7. The molecule has 2 heterocycles. The van der Waals surface area contributed by atoms with Gasteiger partial charge in [-0.05, 0) is 17.5 Å². The number of benzene rings is 1. The van der Waals surface area contributed by atoms with Gasteiger partial charge in [0.05, 0.1) is 11.4 Å². The fraction of sp³-hybridized carbons (Fsp3) is 0.316. The summed E-state index contributed by atoms with van der Waals surface area (Å²) in [6.45, 7) is 5.94. The summed E-state index contributed by atoms with van der Waals surface area (Å²) >= 11 is 3.13. The Hall–Kier alpha value is -2.12. The summed E-state index contributed by atoms with van der Waals surface area (Å²) in [6.07, 6.45) is 3.83. The van der Waals surface area contributed by atoms with Crippen LogP contribution >= 0.6 is 23.1 Å². The molecule has 0 aliphatic rings. The molecule has 0 atom stereocenters. The van der Waals surface area contributed by atoms with Gasteiger partial charge in [-0.25, -0.2) is 9.97 Å². The number of hydrogen-bond acceptors (Lipinski definition) is 5. The lowest BCUT2D eigenvalue weighted by Gasteiger charge is -2.15. The lowest BCUT2D eigenvalue weighted by atomic mass is 10.0. The standard InChI is InChI=1S/C19H22N4OS2/c1-13(2)16-7-5-6-8-17(16)23-10-9-20-18(23)25-11-15-12-26-19(21-15)22(4)14(3)24/h5-10,12-13H,11H2,1-4H3. The van der Waals surface area contributed by atoms with Gasteiger partial charge >= 0.3 is 0 Å². The third kappa shape index (κ3) is 3.99. The van der Waals surface area contributed by atoms with Crippen LogP contribution in [0.5, 0.6) is 0 Å². The Morgan fingerprint density at radius 1 is 1.35 bits per heavy atom. The van der Waals surface area contributed by atoms with Gasteiger partial charge in [-0.15, -0.1) is 11.3 Å². The fourth-order valence-corrected chi connectivity index (χ4v) is 4.36. The van der Waals surface area contributed by atoms with E-state index < -0.39 is 0 Å². The topological polar surface area (TPSA) is 51.0 Å². The zero-order chi connectivity index (χ0) is 18.7. The summed E-state index contributed by atoms with van der Waals surface area (Å²) in [5, 5.41) is 3.66. The second-order valence-corrected chi connectivity index (χ2v) is 8.06. The zero-order valence-electron chi connectivity index (χ0n) is 15.3. The highest BCUT2D eigenvalue weighted by Gasteiger charge is 2.14. The summed E-state index contributed by atoms with van der Waals surface area (Å²) in [4.78, 5) is 22.1. The number of hydrogen-bond donors (Lipinski definition) is 0. The van der Waals surface area contributed by atoms with E-state index in [2.05, 4.69) is 52.6 Å². The second-order valence-electron chi connectivity index (χ2n) is 6.28.